The van der Waals surface area contributed by atoms with Crippen LogP contribution < -0.4 is 11.4 Å². The molecule has 2 N–H and O–H groups in total. The highest BCUT2D eigenvalue weighted by Gasteiger charge is 2.15. The van der Waals surface area contributed by atoms with Crippen LogP contribution in [0.3, 0.4) is 0 Å². The maximum atomic E-state index is 13.3. The van der Waals surface area contributed by atoms with Gasteiger partial charge in [0.25, 0.3) is 0 Å². The van der Waals surface area contributed by atoms with Gasteiger partial charge in [-0.1, -0.05) is 0 Å². The Balaban J connectivity index is 2.40. The van der Waals surface area contributed by atoms with E-state index in [1.54, 1.807) is 25.3 Å². The minimum atomic E-state index is -0.530. The van der Waals surface area contributed by atoms with Crippen molar-refractivity contribution in [3.63, 3.8) is 0 Å². The van der Waals surface area contributed by atoms with Crippen molar-refractivity contribution < 1.29 is 4.39 Å². The number of halogens is 1. The topological polar surface area (TPSA) is 78.2 Å². The highest BCUT2D eigenvalue weighted by molar-refractivity contribution is 5.41. The molecule has 0 aromatic carbocycles. The van der Waals surface area contributed by atoms with Crippen molar-refractivity contribution in [2.24, 2.45) is 5.73 Å². The summed E-state index contributed by atoms with van der Waals surface area (Å²) in [6.07, 6.45) is 4.06. The maximum absolute atomic E-state index is 13.3. The van der Waals surface area contributed by atoms with Gasteiger partial charge in [0, 0.05) is 12.3 Å². The number of rotatable bonds is 2. The van der Waals surface area contributed by atoms with Crippen molar-refractivity contribution in [3.8, 4) is 5.69 Å². The minimum Gasteiger partial charge on any atom is -0.322 e. The summed E-state index contributed by atoms with van der Waals surface area (Å²) in [7, 11) is 0. The summed E-state index contributed by atoms with van der Waals surface area (Å²) in [5.41, 5.74) is 6.31. The first-order valence-corrected chi connectivity index (χ1v) is 6.04. The van der Waals surface area contributed by atoms with Crippen LogP contribution in [-0.2, 0) is 0 Å². The number of fused-ring (bicyclic) bond motifs is 1. The number of hydrogen-bond donors (Lipinski definition) is 1. The van der Waals surface area contributed by atoms with Gasteiger partial charge in [0.1, 0.15) is 17.3 Å². The van der Waals surface area contributed by atoms with Gasteiger partial charge < -0.3 is 5.73 Å². The fourth-order valence-electron chi connectivity index (χ4n) is 2.07. The molecule has 3 rings (SSSR count). The average molecular weight is 273 g/mol. The summed E-state index contributed by atoms with van der Waals surface area (Å²) in [6.45, 7) is 1.71. The van der Waals surface area contributed by atoms with Gasteiger partial charge in [0.2, 0.25) is 0 Å². The lowest BCUT2D eigenvalue weighted by molar-refractivity contribution is 0.614. The van der Waals surface area contributed by atoms with Crippen molar-refractivity contribution in [2.45, 2.75) is 13.0 Å². The average Bonchev–Trinajstić information content (AvgIpc) is 2.87. The third-order valence-electron chi connectivity index (χ3n) is 2.94. The van der Waals surface area contributed by atoms with E-state index in [0.717, 1.165) is 6.20 Å². The quantitative estimate of drug-likeness (QED) is 0.756. The molecule has 0 radical (unpaired) electrons. The van der Waals surface area contributed by atoms with E-state index < -0.39 is 11.9 Å². The molecule has 0 amide bonds. The largest absolute Gasteiger partial charge is 0.339 e. The second-order valence-corrected chi connectivity index (χ2v) is 4.47. The second kappa shape index (κ2) is 4.53. The molecule has 0 aliphatic heterocycles. The molecule has 3 aromatic heterocycles. The molecule has 0 fully saturated rings. The molecular weight excluding hydrogens is 261 g/mol. The minimum absolute atomic E-state index is 0.297. The summed E-state index contributed by atoms with van der Waals surface area (Å²) < 4.78 is 16.0. The molecule has 1 unspecified atom stereocenters. The van der Waals surface area contributed by atoms with Gasteiger partial charge in [0.15, 0.2) is 0 Å². The van der Waals surface area contributed by atoms with E-state index >= 15 is 0 Å². The zero-order valence-corrected chi connectivity index (χ0v) is 10.7. The third-order valence-corrected chi connectivity index (χ3v) is 2.94. The van der Waals surface area contributed by atoms with Gasteiger partial charge in [-0.05, 0) is 19.1 Å². The van der Waals surface area contributed by atoms with E-state index in [1.165, 1.54) is 21.2 Å². The predicted octanol–water partition coefficient (Wildman–Crippen LogP) is 1.04. The van der Waals surface area contributed by atoms with Crippen molar-refractivity contribution in [1.82, 2.24) is 18.9 Å². The standard InChI is InChI=1S/C13H12FN5O/c1-8(15)12-17-11-3-2-4-18(11)13(20)19(12)10-5-9(14)6-16-7-10/h2-8H,15H2,1H3. The lowest BCUT2D eigenvalue weighted by Crippen LogP contribution is -2.31. The molecule has 0 saturated carbocycles. The fourth-order valence-corrected chi connectivity index (χ4v) is 2.07. The molecule has 3 heterocycles. The van der Waals surface area contributed by atoms with Crippen LogP contribution in [-0.4, -0.2) is 18.9 Å². The van der Waals surface area contributed by atoms with E-state index in [-0.39, 0.29) is 5.69 Å². The Bertz CT molecular complexity index is 836. The smallest absolute Gasteiger partial charge is 0.322 e. The molecule has 0 aliphatic rings. The molecule has 0 spiro atoms. The van der Waals surface area contributed by atoms with Crippen LogP contribution in [0.2, 0.25) is 0 Å². The van der Waals surface area contributed by atoms with Crippen molar-refractivity contribution in [2.75, 3.05) is 0 Å². The van der Waals surface area contributed by atoms with Crippen LogP contribution >= 0.6 is 0 Å². The van der Waals surface area contributed by atoms with E-state index in [1.807, 2.05) is 0 Å². The van der Waals surface area contributed by atoms with E-state index in [2.05, 4.69) is 9.97 Å². The Morgan fingerprint density at radius 1 is 1.40 bits per heavy atom. The van der Waals surface area contributed by atoms with Crippen molar-refractivity contribution in [1.29, 1.82) is 0 Å². The van der Waals surface area contributed by atoms with Crippen LogP contribution in [0, 0.1) is 5.82 Å². The van der Waals surface area contributed by atoms with E-state index in [4.69, 9.17) is 5.73 Å². The van der Waals surface area contributed by atoms with E-state index in [0.29, 0.717) is 17.2 Å². The second-order valence-electron chi connectivity index (χ2n) is 4.47. The first-order valence-electron chi connectivity index (χ1n) is 6.04. The molecular formula is C13H12FN5O. The summed E-state index contributed by atoms with van der Waals surface area (Å²) >= 11 is 0. The predicted molar refractivity (Wildman–Crippen MR) is 71.1 cm³/mol. The highest BCUT2D eigenvalue weighted by Crippen LogP contribution is 2.13. The summed E-state index contributed by atoms with van der Waals surface area (Å²) in [5, 5.41) is 0. The number of nitrogens with zero attached hydrogens (tertiary/aromatic N) is 4. The molecule has 6 nitrogen and oxygen atoms in total. The van der Waals surface area contributed by atoms with E-state index in [9.17, 15) is 9.18 Å². The summed E-state index contributed by atoms with van der Waals surface area (Å²) in [5.74, 6) is -0.175. The molecule has 0 bridgehead atoms. The van der Waals surface area contributed by atoms with Crippen LogP contribution in [0.15, 0.2) is 41.6 Å². The molecule has 0 aliphatic carbocycles. The Hall–Kier alpha value is -2.54. The number of aromatic nitrogens is 4. The first kappa shape index (κ1) is 12.5. The number of pyridine rings is 1. The van der Waals surface area contributed by atoms with Crippen LogP contribution in [0.5, 0.6) is 0 Å². The third kappa shape index (κ3) is 1.88. The van der Waals surface area contributed by atoms with Gasteiger partial charge in [-0.25, -0.2) is 18.7 Å². The molecule has 0 saturated heterocycles. The normalized spacial score (nSPS) is 12.8. The van der Waals surface area contributed by atoms with Crippen LogP contribution in [0.25, 0.3) is 11.3 Å². The lowest BCUT2D eigenvalue weighted by Gasteiger charge is -2.14. The highest BCUT2D eigenvalue weighted by atomic mass is 19.1. The SMILES string of the molecule is CC(N)c1nc2cccn2c(=O)n1-c1cncc(F)c1. The Kier molecular flexibility index (Phi) is 2.83. The van der Waals surface area contributed by atoms with Crippen LogP contribution in [0.4, 0.5) is 4.39 Å². The molecule has 20 heavy (non-hydrogen) atoms. The Labute approximate surface area is 113 Å². The van der Waals surface area contributed by atoms with Crippen molar-refractivity contribution >= 4 is 5.65 Å². The maximum Gasteiger partial charge on any atom is 0.339 e. The number of hydrogen-bond acceptors (Lipinski definition) is 4. The lowest BCUT2D eigenvalue weighted by atomic mass is 10.3. The Morgan fingerprint density at radius 3 is 2.90 bits per heavy atom. The Morgan fingerprint density at radius 2 is 2.20 bits per heavy atom. The monoisotopic (exact) mass is 273 g/mol. The molecule has 102 valence electrons. The fraction of sp³-hybridized carbons (Fsp3) is 0.154. The molecule has 7 heteroatoms. The summed E-state index contributed by atoms with van der Waals surface area (Å²) in [6, 6.07) is 4.16. The zero-order chi connectivity index (χ0) is 14.3. The number of nitrogens with two attached hydrogens (primary N) is 1. The van der Waals surface area contributed by atoms with Gasteiger partial charge in [-0.3, -0.25) is 9.38 Å². The molecule has 1 atom stereocenters. The van der Waals surface area contributed by atoms with Gasteiger partial charge in [-0.15, -0.1) is 0 Å². The zero-order valence-electron chi connectivity index (χ0n) is 10.7. The van der Waals surface area contributed by atoms with Crippen molar-refractivity contribution in [3.05, 3.63) is 58.9 Å². The van der Waals surface area contributed by atoms with Gasteiger partial charge in [0.05, 0.1) is 24.1 Å². The van der Waals surface area contributed by atoms with Gasteiger partial charge >= 0.3 is 5.69 Å². The molecule has 3 aromatic rings. The van der Waals surface area contributed by atoms with Gasteiger partial charge in [-0.2, -0.15) is 0 Å². The summed E-state index contributed by atoms with van der Waals surface area (Å²) in [4.78, 5) is 20.6. The van der Waals surface area contributed by atoms with Crippen LogP contribution in [0.1, 0.15) is 18.8 Å². The first-order chi connectivity index (χ1) is 9.58.